The van der Waals surface area contributed by atoms with Crippen molar-refractivity contribution in [1.29, 1.82) is 0 Å². The first-order valence-corrected chi connectivity index (χ1v) is 5.05. The molecule has 0 spiro atoms. The fraction of sp³-hybridized carbons (Fsp3) is 0.500. The minimum absolute atomic E-state index is 0.240. The van der Waals surface area contributed by atoms with E-state index < -0.39 is 0 Å². The van der Waals surface area contributed by atoms with Crippen LogP contribution in [-0.2, 0) is 0 Å². The third-order valence-electron chi connectivity index (χ3n) is 2.37. The van der Waals surface area contributed by atoms with Crippen LogP contribution in [0.2, 0.25) is 0 Å². The van der Waals surface area contributed by atoms with E-state index in [1.165, 1.54) is 16.3 Å². The van der Waals surface area contributed by atoms with Gasteiger partial charge in [0.25, 0.3) is 0 Å². The Labute approximate surface area is 77.7 Å². The van der Waals surface area contributed by atoms with Gasteiger partial charge in [-0.3, -0.25) is 0 Å². The predicted molar refractivity (Wildman–Crippen MR) is 55.6 cm³/mol. The second kappa shape index (κ2) is 2.49. The summed E-state index contributed by atoms with van der Waals surface area (Å²) >= 11 is 1.89. The SMILES string of the molecule is CC1=CCC2(C)SC(C)=NC2=C1. The van der Waals surface area contributed by atoms with Crippen LogP contribution in [-0.4, -0.2) is 9.79 Å². The minimum atomic E-state index is 0.240. The van der Waals surface area contributed by atoms with Crippen LogP contribution in [0.15, 0.2) is 28.4 Å². The zero-order valence-corrected chi connectivity index (χ0v) is 8.53. The summed E-state index contributed by atoms with van der Waals surface area (Å²) in [6.07, 6.45) is 5.62. The van der Waals surface area contributed by atoms with Crippen molar-refractivity contribution in [2.24, 2.45) is 4.99 Å². The molecule has 0 aromatic heterocycles. The van der Waals surface area contributed by atoms with Gasteiger partial charge < -0.3 is 0 Å². The van der Waals surface area contributed by atoms with Gasteiger partial charge in [0.15, 0.2) is 0 Å². The lowest BCUT2D eigenvalue weighted by molar-refractivity contribution is 0.742. The molecule has 0 saturated heterocycles. The maximum absolute atomic E-state index is 4.53. The third kappa shape index (κ3) is 1.14. The number of hydrogen-bond donors (Lipinski definition) is 0. The van der Waals surface area contributed by atoms with Gasteiger partial charge in [0.2, 0.25) is 0 Å². The van der Waals surface area contributed by atoms with Crippen LogP contribution in [0.3, 0.4) is 0 Å². The van der Waals surface area contributed by atoms with Crippen molar-refractivity contribution in [2.75, 3.05) is 0 Å². The highest BCUT2D eigenvalue weighted by Crippen LogP contribution is 2.45. The van der Waals surface area contributed by atoms with Gasteiger partial charge in [-0.15, -0.1) is 0 Å². The smallest absolute Gasteiger partial charge is 0.0713 e. The third-order valence-corrected chi connectivity index (χ3v) is 3.58. The molecule has 0 aromatic carbocycles. The normalized spacial score (nSPS) is 33.8. The fourth-order valence-corrected chi connectivity index (χ4v) is 2.82. The summed E-state index contributed by atoms with van der Waals surface area (Å²) < 4.78 is 0.240. The lowest BCUT2D eigenvalue weighted by Gasteiger charge is -2.25. The molecular weight excluding hydrogens is 166 g/mol. The van der Waals surface area contributed by atoms with Gasteiger partial charge in [-0.1, -0.05) is 23.4 Å². The summed E-state index contributed by atoms with van der Waals surface area (Å²) in [5, 5.41) is 1.20. The Kier molecular flexibility index (Phi) is 1.69. The van der Waals surface area contributed by atoms with Crippen molar-refractivity contribution >= 4 is 16.8 Å². The molecule has 2 heteroatoms. The molecule has 0 aromatic rings. The quantitative estimate of drug-likeness (QED) is 0.556. The monoisotopic (exact) mass is 179 g/mol. The summed E-state index contributed by atoms with van der Waals surface area (Å²) in [6, 6.07) is 0. The van der Waals surface area contributed by atoms with Gasteiger partial charge >= 0.3 is 0 Å². The molecule has 0 bridgehead atoms. The number of nitrogens with zero attached hydrogens (tertiary/aromatic N) is 1. The van der Waals surface area contributed by atoms with E-state index in [0.29, 0.717) is 0 Å². The van der Waals surface area contributed by atoms with Crippen molar-refractivity contribution < 1.29 is 0 Å². The van der Waals surface area contributed by atoms with Gasteiger partial charge in [-0.2, -0.15) is 0 Å². The number of hydrogen-bond acceptors (Lipinski definition) is 2. The van der Waals surface area contributed by atoms with Crippen LogP contribution in [0.1, 0.15) is 27.2 Å². The minimum Gasteiger partial charge on any atom is -0.250 e. The molecule has 0 fully saturated rings. The van der Waals surface area contributed by atoms with E-state index in [1.807, 2.05) is 11.8 Å². The number of fused-ring (bicyclic) bond motifs is 1. The number of aliphatic imine (C=N–C) groups is 1. The first-order chi connectivity index (χ1) is 5.60. The van der Waals surface area contributed by atoms with Crippen LogP contribution in [0, 0.1) is 0 Å². The fourth-order valence-electron chi connectivity index (χ4n) is 1.65. The van der Waals surface area contributed by atoms with Crippen molar-refractivity contribution in [3.63, 3.8) is 0 Å². The Morgan fingerprint density at radius 3 is 3.00 bits per heavy atom. The highest BCUT2D eigenvalue weighted by atomic mass is 32.2. The summed E-state index contributed by atoms with van der Waals surface area (Å²) in [7, 11) is 0. The maximum atomic E-state index is 4.53. The molecule has 1 heterocycles. The van der Waals surface area contributed by atoms with Crippen molar-refractivity contribution in [1.82, 2.24) is 0 Å². The molecule has 2 rings (SSSR count). The van der Waals surface area contributed by atoms with Gasteiger partial charge in [-0.25, -0.2) is 4.99 Å². The highest BCUT2D eigenvalue weighted by molar-refractivity contribution is 8.15. The van der Waals surface area contributed by atoms with Gasteiger partial charge in [0.05, 0.1) is 15.5 Å². The second-order valence-corrected chi connectivity index (χ2v) is 5.34. The lowest BCUT2D eigenvalue weighted by atomic mass is 9.95. The topological polar surface area (TPSA) is 12.4 Å². The van der Waals surface area contributed by atoms with E-state index in [1.54, 1.807) is 0 Å². The molecule has 2 aliphatic rings. The summed E-state index contributed by atoms with van der Waals surface area (Å²) in [5.41, 5.74) is 2.60. The molecule has 64 valence electrons. The van der Waals surface area contributed by atoms with Crippen molar-refractivity contribution in [3.05, 3.63) is 23.4 Å². The molecule has 0 saturated carbocycles. The summed E-state index contributed by atoms with van der Waals surface area (Å²) in [4.78, 5) is 4.53. The Balaban J connectivity index is 2.41. The van der Waals surface area contributed by atoms with Gasteiger partial charge in [-0.05, 0) is 33.3 Å². The van der Waals surface area contributed by atoms with E-state index in [2.05, 4.69) is 37.9 Å². The number of thioether (sulfide) groups is 1. The number of rotatable bonds is 0. The zero-order valence-electron chi connectivity index (χ0n) is 7.72. The van der Waals surface area contributed by atoms with E-state index in [0.717, 1.165) is 6.42 Å². The van der Waals surface area contributed by atoms with Crippen LogP contribution in [0.5, 0.6) is 0 Å². The molecule has 0 N–H and O–H groups in total. The second-order valence-electron chi connectivity index (χ2n) is 3.65. The molecule has 1 atom stereocenters. The maximum Gasteiger partial charge on any atom is 0.0713 e. The molecule has 1 unspecified atom stereocenters. The highest BCUT2D eigenvalue weighted by Gasteiger charge is 2.36. The molecule has 0 amide bonds. The summed E-state index contributed by atoms with van der Waals surface area (Å²) in [5.74, 6) is 0. The van der Waals surface area contributed by atoms with Gasteiger partial charge in [0, 0.05) is 0 Å². The molecule has 0 radical (unpaired) electrons. The van der Waals surface area contributed by atoms with Crippen molar-refractivity contribution in [3.8, 4) is 0 Å². The molecule has 1 aliphatic carbocycles. The average molecular weight is 179 g/mol. The molecular formula is C10H13NS. The van der Waals surface area contributed by atoms with Crippen LogP contribution >= 0.6 is 11.8 Å². The Bertz CT molecular complexity index is 312. The Morgan fingerprint density at radius 2 is 2.25 bits per heavy atom. The van der Waals surface area contributed by atoms with Crippen LogP contribution in [0.25, 0.3) is 0 Å². The van der Waals surface area contributed by atoms with E-state index in [-0.39, 0.29) is 4.75 Å². The first kappa shape index (κ1) is 8.11. The number of allylic oxidation sites excluding steroid dienone is 3. The predicted octanol–water partition coefficient (Wildman–Crippen LogP) is 3.14. The van der Waals surface area contributed by atoms with Gasteiger partial charge in [0.1, 0.15) is 0 Å². The average Bonchev–Trinajstić information content (AvgIpc) is 2.24. The Morgan fingerprint density at radius 1 is 1.50 bits per heavy atom. The molecule has 12 heavy (non-hydrogen) atoms. The van der Waals surface area contributed by atoms with E-state index in [4.69, 9.17) is 0 Å². The standard InChI is InChI=1S/C10H13NS/c1-7-4-5-10(3)9(6-7)11-8(2)12-10/h4,6H,5H2,1-3H3. The van der Waals surface area contributed by atoms with E-state index in [9.17, 15) is 0 Å². The molecule has 1 nitrogen and oxygen atoms in total. The van der Waals surface area contributed by atoms with E-state index >= 15 is 0 Å². The van der Waals surface area contributed by atoms with Crippen LogP contribution < -0.4 is 0 Å². The Hall–Kier alpha value is -0.500. The largest absolute Gasteiger partial charge is 0.250 e. The summed E-state index contributed by atoms with van der Waals surface area (Å²) in [6.45, 7) is 6.50. The zero-order chi connectivity index (χ0) is 8.77. The van der Waals surface area contributed by atoms with Crippen molar-refractivity contribution in [2.45, 2.75) is 31.9 Å². The molecule has 1 aliphatic heterocycles. The van der Waals surface area contributed by atoms with Crippen LogP contribution in [0.4, 0.5) is 0 Å². The lowest BCUT2D eigenvalue weighted by Crippen LogP contribution is -2.20. The first-order valence-electron chi connectivity index (χ1n) is 4.23.